The highest BCUT2D eigenvalue weighted by Crippen LogP contribution is 2.21. The van der Waals surface area contributed by atoms with E-state index in [9.17, 15) is 0 Å². The molecule has 0 radical (unpaired) electrons. The predicted molar refractivity (Wildman–Crippen MR) is 61.0 cm³/mol. The molecule has 1 unspecified atom stereocenters. The lowest BCUT2D eigenvalue weighted by Crippen LogP contribution is -2.28. The molecule has 0 aromatic carbocycles. The molecule has 0 amide bonds. The average Bonchev–Trinajstić information content (AvgIpc) is 2.30. The normalized spacial score (nSPS) is 21.3. The molecule has 2 heterocycles. The molecule has 1 fully saturated rings. The van der Waals surface area contributed by atoms with E-state index < -0.39 is 0 Å². The van der Waals surface area contributed by atoms with Gasteiger partial charge < -0.3 is 10.2 Å². The number of aromatic nitrogens is 2. The Hall–Kier alpha value is -1.16. The van der Waals surface area contributed by atoms with E-state index in [2.05, 4.69) is 15.3 Å². The van der Waals surface area contributed by atoms with Gasteiger partial charge in [0, 0.05) is 26.3 Å². The van der Waals surface area contributed by atoms with Gasteiger partial charge >= 0.3 is 0 Å². The standard InChI is InChI=1S/C11H18N4/c1-15(2)11-13-8-6-10(14-11)9-5-3-4-7-12-9/h6,8-9,12H,3-5,7H2,1-2H3. The maximum atomic E-state index is 4.55. The van der Waals surface area contributed by atoms with E-state index in [4.69, 9.17) is 0 Å². The minimum absolute atomic E-state index is 0.417. The molecule has 1 saturated heterocycles. The maximum absolute atomic E-state index is 4.55. The maximum Gasteiger partial charge on any atom is 0.225 e. The van der Waals surface area contributed by atoms with Crippen LogP contribution in [0.15, 0.2) is 12.3 Å². The van der Waals surface area contributed by atoms with Crippen molar-refractivity contribution in [3.8, 4) is 0 Å². The van der Waals surface area contributed by atoms with E-state index in [-0.39, 0.29) is 0 Å². The molecule has 1 aliphatic rings. The Bertz CT molecular complexity index is 318. The lowest BCUT2D eigenvalue weighted by atomic mass is 10.0. The molecule has 0 spiro atoms. The van der Waals surface area contributed by atoms with E-state index in [1.165, 1.54) is 19.3 Å². The van der Waals surface area contributed by atoms with Gasteiger partial charge in [-0.1, -0.05) is 6.42 Å². The highest BCUT2D eigenvalue weighted by atomic mass is 15.2. The van der Waals surface area contributed by atoms with Crippen molar-refractivity contribution < 1.29 is 0 Å². The second-order valence-corrected chi connectivity index (χ2v) is 4.18. The van der Waals surface area contributed by atoms with Gasteiger partial charge in [0.25, 0.3) is 0 Å². The quantitative estimate of drug-likeness (QED) is 0.793. The molecule has 0 aliphatic carbocycles. The molecule has 0 bridgehead atoms. The van der Waals surface area contributed by atoms with Gasteiger partial charge in [-0.05, 0) is 25.5 Å². The van der Waals surface area contributed by atoms with Crippen LogP contribution in [0.2, 0.25) is 0 Å². The fourth-order valence-corrected chi connectivity index (χ4v) is 1.88. The molecule has 4 heteroatoms. The largest absolute Gasteiger partial charge is 0.347 e. The fraction of sp³-hybridized carbons (Fsp3) is 0.636. The third kappa shape index (κ3) is 2.45. The van der Waals surface area contributed by atoms with Gasteiger partial charge in [-0.2, -0.15) is 0 Å². The van der Waals surface area contributed by atoms with Crippen molar-refractivity contribution in [1.29, 1.82) is 0 Å². The number of nitrogens with one attached hydrogen (secondary N) is 1. The summed E-state index contributed by atoms with van der Waals surface area (Å²) >= 11 is 0. The van der Waals surface area contributed by atoms with Crippen LogP contribution in [0.4, 0.5) is 5.95 Å². The number of anilines is 1. The SMILES string of the molecule is CN(C)c1nccc(C2CCCCN2)n1. The summed E-state index contributed by atoms with van der Waals surface area (Å²) < 4.78 is 0. The van der Waals surface area contributed by atoms with Crippen molar-refractivity contribution >= 4 is 5.95 Å². The van der Waals surface area contributed by atoms with Gasteiger partial charge in [0.05, 0.1) is 5.69 Å². The molecule has 1 N–H and O–H groups in total. The van der Waals surface area contributed by atoms with E-state index >= 15 is 0 Å². The summed E-state index contributed by atoms with van der Waals surface area (Å²) in [7, 11) is 3.93. The Balaban J connectivity index is 2.16. The topological polar surface area (TPSA) is 41.1 Å². The molecule has 1 aromatic heterocycles. The molecule has 15 heavy (non-hydrogen) atoms. The third-order valence-corrected chi connectivity index (χ3v) is 2.73. The summed E-state index contributed by atoms with van der Waals surface area (Å²) in [4.78, 5) is 10.7. The van der Waals surface area contributed by atoms with Gasteiger partial charge in [0.1, 0.15) is 0 Å². The average molecular weight is 206 g/mol. The molecule has 82 valence electrons. The van der Waals surface area contributed by atoms with Gasteiger partial charge in [-0.25, -0.2) is 9.97 Å². The van der Waals surface area contributed by atoms with Crippen molar-refractivity contribution in [3.63, 3.8) is 0 Å². The Morgan fingerprint density at radius 3 is 2.93 bits per heavy atom. The van der Waals surface area contributed by atoms with Crippen LogP contribution in [0.1, 0.15) is 31.0 Å². The van der Waals surface area contributed by atoms with Crippen LogP contribution in [0.25, 0.3) is 0 Å². The zero-order valence-corrected chi connectivity index (χ0v) is 9.40. The molecule has 1 aromatic rings. The van der Waals surface area contributed by atoms with Crippen molar-refractivity contribution in [3.05, 3.63) is 18.0 Å². The summed E-state index contributed by atoms with van der Waals surface area (Å²) in [5, 5.41) is 3.49. The Labute approximate surface area is 90.7 Å². The van der Waals surface area contributed by atoms with E-state index in [1.54, 1.807) is 0 Å². The third-order valence-electron chi connectivity index (χ3n) is 2.73. The Morgan fingerprint density at radius 2 is 2.27 bits per heavy atom. The number of piperidine rings is 1. The molecule has 2 rings (SSSR count). The van der Waals surface area contributed by atoms with Crippen molar-refractivity contribution in [1.82, 2.24) is 15.3 Å². The molecule has 4 nitrogen and oxygen atoms in total. The second kappa shape index (κ2) is 4.57. The first-order valence-corrected chi connectivity index (χ1v) is 5.51. The molecule has 1 aliphatic heterocycles. The van der Waals surface area contributed by atoms with Crippen LogP contribution < -0.4 is 10.2 Å². The highest BCUT2D eigenvalue weighted by Gasteiger charge is 2.16. The lowest BCUT2D eigenvalue weighted by Gasteiger charge is -2.23. The van der Waals surface area contributed by atoms with Crippen LogP contribution >= 0.6 is 0 Å². The fourth-order valence-electron chi connectivity index (χ4n) is 1.88. The summed E-state index contributed by atoms with van der Waals surface area (Å²) in [6.07, 6.45) is 5.60. The first-order chi connectivity index (χ1) is 7.27. The van der Waals surface area contributed by atoms with Crippen LogP contribution in [0.3, 0.4) is 0 Å². The number of hydrogen-bond donors (Lipinski definition) is 1. The van der Waals surface area contributed by atoms with E-state index in [0.717, 1.165) is 18.2 Å². The highest BCUT2D eigenvalue weighted by molar-refractivity contribution is 5.28. The number of nitrogens with zero attached hydrogens (tertiary/aromatic N) is 3. The van der Waals surface area contributed by atoms with Crippen molar-refractivity contribution in [2.24, 2.45) is 0 Å². The zero-order valence-electron chi connectivity index (χ0n) is 9.40. The lowest BCUT2D eigenvalue weighted by molar-refractivity contribution is 0.405. The van der Waals surface area contributed by atoms with Crippen molar-refractivity contribution in [2.75, 3.05) is 25.5 Å². The molecular weight excluding hydrogens is 188 g/mol. The summed E-state index contributed by atoms with van der Waals surface area (Å²) in [6.45, 7) is 1.10. The second-order valence-electron chi connectivity index (χ2n) is 4.18. The minimum atomic E-state index is 0.417. The zero-order chi connectivity index (χ0) is 10.7. The van der Waals surface area contributed by atoms with Crippen LogP contribution in [0, 0.1) is 0 Å². The van der Waals surface area contributed by atoms with Crippen molar-refractivity contribution in [2.45, 2.75) is 25.3 Å². The molecule has 0 saturated carbocycles. The van der Waals surface area contributed by atoms with Crippen LogP contribution in [0.5, 0.6) is 0 Å². The first-order valence-electron chi connectivity index (χ1n) is 5.51. The Kier molecular flexibility index (Phi) is 3.16. The first kappa shape index (κ1) is 10.4. The van der Waals surface area contributed by atoms with E-state index in [0.29, 0.717) is 6.04 Å². The number of hydrogen-bond acceptors (Lipinski definition) is 4. The summed E-state index contributed by atoms with van der Waals surface area (Å²) in [5.41, 5.74) is 1.12. The minimum Gasteiger partial charge on any atom is -0.347 e. The number of rotatable bonds is 2. The van der Waals surface area contributed by atoms with E-state index in [1.807, 2.05) is 31.3 Å². The Morgan fingerprint density at radius 1 is 1.40 bits per heavy atom. The van der Waals surface area contributed by atoms with Gasteiger partial charge in [-0.3, -0.25) is 0 Å². The smallest absolute Gasteiger partial charge is 0.225 e. The van der Waals surface area contributed by atoms with Crippen LogP contribution in [-0.2, 0) is 0 Å². The van der Waals surface area contributed by atoms with Gasteiger partial charge in [0.15, 0.2) is 0 Å². The van der Waals surface area contributed by atoms with Gasteiger partial charge in [-0.15, -0.1) is 0 Å². The summed E-state index contributed by atoms with van der Waals surface area (Å²) in [6, 6.07) is 2.43. The summed E-state index contributed by atoms with van der Waals surface area (Å²) in [5.74, 6) is 0.792. The monoisotopic (exact) mass is 206 g/mol. The van der Waals surface area contributed by atoms with Gasteiger partial charge in [0.2, 0.25) is 5.95 Å². The molecular formula is C11H18N4. The van der Waals surface area contributed by atoms with Crippen LogP contribution in [-0.4, -0.2) is 30.6 Å². The predicted octanol–water partition coefficient (Wildman–Crippen LogP) is 1.36. The molecule has 1 atom stereocenters.